The van der Waals surface area contributed by atoms with E-state index in [9.17, 15) is 31.1 Å². The van der Waals surface area contributed by atoms with Gasteiger partial charge < -0.3 is 10.1 Å². The zero-order valence-electron chi connectivity index (χ0n) is 16.7. The van der Waals surface area contributed by atoms with Gasteiger partial charge in [0.15, 0.2) is 6.10 Å². The highest BCUT2D eigenvalue weighted by Crippen LogP contribution is 2.46. The van der Waals surface area contributed by atoms with Crippen molar-refractivity contribution in [1.82, 2.24) is 5.48 Å². The van der Waals surface area contributed by atoms with E-state index < -0.39 is 42.7 Å². The molecule has 0 aromatic heterocycles. The lowest BCUT2D eigenvalue weighted by Gasteiger charge is -2.30. The van der Waals surface area contributed by atoms with Gasteiger partial charge in [-0.15, -0.1) is 0 Å². The van der Waals surface area contributed by atoms with E-state index in [2.05, 4.69) is 10.8 Å². The second kappa shape index (κ2) is 9.21. The summed E-state index contributed by atoms with van der Waals surface area (Å²) in [6.07, 6.45) is -14.1. The third kappa shape index (κ3) is 5.84. The molecule has 0 saturated carbocycles. The van der Waals surface area contributed by atoms with Crippen molar-refractivity contribution >= 4 is 34.8 Å². The average molecular weight is 517 g/mol. The van der Waals surface area contributed by atoms with Gasteiger partial charge in [0.25, 0.3) is 0 Å². The summed E-state index contributed by atoms with van der Waals surface area (Å²) >= 11 is 12.1. The van der Waals surface area contributed by atoms with Crippen molar-refractivity contribution in [1.29, 1.82) is 0 Å². The fourth-order valence-electron chi connectivity index (χ4n) is 3.48. The molecular formula is C20H16Cl2F6N2O3. The molecule has 2 atom stereocenters. The molecule has 13 heteroatoms. The van der Waals surface area contributed by atoms with Gasteiger partial charge >= 0.3 is 12.4 Å². The van der Waals surface area contributed by atoms with Crippen molar-refractivity contribution in [3.8, 4) is 5.75 Å². The zero-order chi connectivity index (χ0) is 24.6. The lowest BCUT2D eigenvalue weighted by atomic mass is 9.79. The summed E-state index contributed by atoms with van der Waals surface area (Å²) in [5, 5.41) is 2.37. The highest BCUT2D eigenvalue weighted by Gasteiger charge is 2.54. The minimum absolute atomic E-state index is 0.000150. The fraction of sp³-hybridized carbons (Fsp3) is 0.350. The average Bonchev–Trinajstić information content (AvgIpc) is 3.13. The largest absolute Gasteiger partial charge is 0.495 e. The molecular weight excluding hydrogens is 501 g/mol. The Morgan fingerprint density at radius 2 is 1.76 bits per heavy atom. The molecule has 2 aromatic carbocycles. The van der Waals surface area contributed by atoms with Crippen LogP contribution >= 0.6 is 23.2 Å². The monoisotopic (exact) mass is 516 g/mol. The number of methoxy groups -OCH3 is 1. The van der Waals surface area contributed by atoms with Crippen LogP contribution < -0.4 is 15.5 Å². The molecule has 1 fully saturated rings. The van der Waals surface area contributed by atoms with E-state index in [1.165, 1.54) is 43.5 Å². The van der Waals surface area contributed by atoms with E-state index in [4.69, 9.17) is 32.8 Å². The predicted molar refractivity (Wildman–Crippen MR) is 108 cm³/mol. The second-order valence-corrected chi connectivity index (χ2v) is 8.15. The van der Waals surface area contributed by atoms with Crippen LogP contribution in [-0.4, -0.2) is 31.5 Å². The maximum atomic E-state index is 13.4. The molecule has 2 N–H and O–H groups in total. The number of nitrogens with one attached hydrogen (secondary N) is 2. The van der Waals surface area contributed by atoms with E-state index in [0.29, 0.717) is 0 Å². The number of hydroxylamine groups is 1. The number of alkyl halides is 6. The zero-order valence-corrected chi connectivity index (χ0v) is 18.2. The highest BCUT2D eigenvalue weighted by atomic mass is 35.5. The summed E-state index contributed by atoms with van der Waals surface area (Å²) in [5.74, 6) is -1.37. The number of benzene rings is 2. The summed E-state index contributed by atoms with van der Waals surface area (Å²) < 4.78 is 83.1. The van der Waals surface area contributed by atoms with Crippen LogP contribution in [0.1, 0.15) is 24.0 Å². The second-order valence-electron chi connectivity index (χ2n) is 7.27. The Labute approximate surface area is 193 Å². The Morgan fingerprint density at radius 3 is 2.27 bits per heavy atom. The van der Waals surface area contributed by atoms with E-state index in [1.54, 1.807) is 0 Å². The van der Waals surface area contributed by atoms with E-state index in [-0.39, 0.29) is 32.6 Å². The first-order valence-electron chi connectivity index (χ1n) is 9.25. The first-order valence-corrected chi connectivity index (χ1v) is 10.0. The maximum absolute atomic E-state index is 13.4. The SMILES string of the molecule is COc1ccc(C2(c3cc(Cl)cc(Cl)c3)CC(C(F)(F)F)ON2)cc1NC(=O)CC(F)(F)F. The van der Waals surface area contributed by atoms with Crippen molar-refractivity contribution < 1.29 is 40.7 Å². The molecule has 1 saturated heterocycles. The molecule has 0 aliphatic carbocycles. The van der Waals surface area contributed by atoms with Crippen LogP contribution in [0.2, 0.25) is 10.0 Å². The molecule has 33 heavy (non-hydrogen) atoms. The van der Waals surface area contributed by atoms with Gasteiger partial charge in [-0.3, -0.25) is 9.63 Å². The van der Waals surface area contributed by atoms with Crippen molar-refractivity contribution in [3.63, 3.8) is 0 Å². The highest BCUT2D eigenvalue weighted by molar-refractivity contribution is 6.34. The first kappa shape index (κ1) is 25.4. The van der Waals surface area contributed by atoms with E-state index >= 15 is 0 Å². The summed E-state index contributed by atoms with van der Waals surface area (Å²) in [4.78, 5) is 16.7. The Bertz CT molecular complexity index is 1030. The van der Waals surface area contributed by atoms with Crippen molar-refractivity contribution in [2.45, 2.75) is 36.8 Å². The van der Waals surface area contributed by atoms with Crippen LogP contribution in [0.5, 0.6) is 5.75 Å². The van der Waals surface area contributed by atoms with Gasteiger partial charge in [-0.25, -0.2) is 0 Å². The Kier molecular flexibility index (Phi) is 7.09. The van der Waals surface area contributed by atoms with E-state index in [0.717, 1.165) is 0 Å². The number of amides is 1. The molecule has 0 radical (unpaired) electrons. The van der Waals surface area contributed by atoms with Gasteiger partial charge in [0, 0.05) is 16.5 Å². The van der Waals surface area contributed by atoms with Gasteiger partial charge in [-0.1, -0.05) is 29.3 Å². The normalized spacial score (nSPS) is 21.2. The number of hydrogen-bond acceptors (Lipinski definition) is 4. The van der Waals surface area contributed by atoms with Gasteiger partial charge in [-0.05, 0) is 41.5 Å². The summed E-state index contributed by atoms with van der Waals surface area (Å²) in [6, 6.07) is 8.05. The van der Waals surface area contributed by atoms with Gasteiger partial charge in [0.05, 0.1) is 18.3 Å². The molecule has 0 spiro atoms. The number of anilines is 1. The number of carbonyl (C=O) groups excluding carboxylic acids is 1. The molecule has 5 nitrogen and oxygen atoms in total. The lowest BCUT2D eigenvalue weighted by Crippen LogP contribution is -2.37. The van der Waals surface area contributed by atoms with Crippen molar-refractivity contribution in [2.75, 3.05) is 12.4 Å². The number of rotatable bonds is 5. The quantitative estimate of drug-likeness (QED) is 0.479. The van der Waals surface area contributed by atoms with Crippen LogP contribution in [0, 0.1) is 0 Å². The molecule has 1 aliphatic rings. The van der Waals surface area contributed by atoms with Gasteiger partial charge in [0.1, 0.15) is 12.2 Å². The number of carbonyl (C=O) groups is 1. The smallest absolute Gasteiger partial charge is 0.416 e. The third-order valence-electron chi connectivity index (χ3n) is 4.91. The molecule has 3 rings (SSSR count). The maximum Gasteiger partial charge on any atom is 0.416 e. The molecule has 2 aromatic rings. The molecule has 1 amide bonds. The van der Waals surface area contributed by atoms with Crippen molar-refractivity contribution in [3.05, 3.63) is 57.6 Å². The van der Waals surface area contributed by atoms with Crippen LogP contribution in [-0.2, 0) is 15.2 Å². The lowest BCUT2D eigenvalue weighted by molar-refractivity contribution is -0.218. The van der Waals surface area contributed by atoms with Gasteiger partial charge in [0.2, 0.25) is 5.91 Å². The Hall–Kier alpha value is -2.21. The van der Waals surface area contributed by atoms with E-state index in [1.807, 2.05) is 0 Å². The topological polar surface area (TPSA) is 59.6 Å². The van der Waals surface area contributed by atoms with Crippen LogP contribution in [0.4, 0.5) is 32.0 Å². The van der Waals surface area contributed by atoms with Crippen LogP contribution in [0.25, 0.3) is 0 Å². The predicted octanol–water partition coefficient (Wildman–Crippen LogP) is 5.99. The number of hydrogen-bond donors (Lipinski definition) is 2. The summed E-state index contributed by atoms with van der Waals surface area (Å²) in [5.41, 5.74) is 0.926. The Balaban J connectivity index is 2.10. The van der Waals surface area contributed by atoms with Crippen LogP contribution in [0.15, 0.2) is 36.4 Å². The summed E-state index contributed by atoms with van der Waals surface area (Å²) in [6.45, 7) is 0. The van der Waals surface area contributed by atoms with Gasteiger partial charge in [-0.2, -0.15) is 31.8 Å². The molecule has 1 aliphatic heterocycles. The van der Waals surface area contributed by atoms with Crippen molar-refractivity contribution in [2.24, 2.45) is 0 Å². The minimum Gasteiger partial charge on any atom is -0.495 e. The number of halogens is 8. The molecule has 0 bridgehead atoms. The third-order valence-corrected chi connectivity index (χ3v) is 5.35. The molecule has 180 valence electrons. The molecule has 1 heterocycles. The number of ether oxygens (including phenoxy) is 1. The molecule has 2 unspecified atom stereocenters. The fourth-order valence-corrected chi connectivity index (χ4v) is 4.01. The first-order chi connectivity index (χ1) is 15.2. The minimum atomic E-state index is -4.76. The summed E-state index contributed by atoms with van der Waals surface area (Å²) in [7, 11) is 1.22. The standard InChI is InChI=1S/C20H16Cl2F6N2O3/c1-32-15-3-2-10(6-14(15)29-17(31)9-19(23,24)25)18(8-16(33-30-18)20(26,27)28)11-4-12(21)7-13(22)5-11/h2-7,16,30H,8-9H2,1H3,(H,29,31). The van der Waals surface area contributed by atoms with Crippen LogP contribution in [0.3, 0.4) is 0 Å². The Morgan fingerprint density at radius 1 is 1.12 bits per heavy atom.